The molecule has 1 aliphatic rings. The second-order valence-electron chi connectivity index (χ2n) is 6.37. The molecule has 3 aromatic rings. The third-order valence-corrected chi connectivity index (χ3v) is 5.87. The Kier molecular flexibility index (Phi) is 5.56. The van der Waals surface area contributed by atoms with Crippen molar-refractivity contribution in [2.24, 2.45) is 0 Å². The highest BCUT2D eigenvalue weighted by Gasteiger charge is 2.28. The van der Waals surface area contributed by atoms with E-state index in [1.165, 1.54) is 11.8 Å². The molecule has 0 aliphatic carbocycles. The zero-order chi connectivity index (χ0) is 20.4. The van der Waals surface area contributed by atoms with Crippen LogP contribution in [0, 0.1) is 0 Å². The number of ether oxygens (including phenoxy) is 2. The number of fused-ring (bicyclic) bond motifs is 1. The number of anilines is 1. The molecule has 1 atom stereocenters. The van der Waals surface area contributed by atoms with Crippen LogP contribution in [-0.4, -0.2) is 25.6 Å². The van der Waals surface area contributed by atoms with Gasteiger partial charge in [0.15, 0.2) is 5.50 Å². The monoisotopic (exact) mass is 426 g/mol. The Morgan fingerprint density at radius 2 is 1.83 bits per heavy atom. The first kappa shape index (κ1) is 19.5. The van der Waals surface area contributed by atoms with Gasteiger partial charge in [-0.1, -0.05) is 53.7 Å². The van der Waals surface area contributed by atoms with Crippen LogP contribution in [0.1, 0.15) is 5.56 Å². The molecule has 1 amide bonds. The summed E-state index contributed by atoms with van der Waals surface area (Å²) in [7, 11) is 3.22. The summed E-state index contributed by atoms with van der Waals surface area (Å²) in [6.45, 7) is 0. The van der Waals surface area contributed by atoms with E-state index < -0.39 is 0 Å². The Hall–Kier alpha value is -2.83. The molecule has 29 heavy (non-hydrogen) atoms. The lowest BCUT2D eigenvalue weighted by molar-refractivity contribution is -0.116. The fraction of sp³-hybridized carbons (Fsp3) is 0.136. The van der Waals surface area contributed by atoms with E-state index in [9.17, 15) is 4.79 Å². The lowest BCUT2D eigenvalue weighted by Crippen LogP contribution is -2.31. The minimum Gasteiger partial charge on any atom is -0.496 e. The molecule has 1 saturated heterocycles. The zero-order valence-electron chi connectivity index (χ0n) is 15.9. The van der Waals surface area contributed by atoms with Gasteiger partial charge < -0.3 is 20.1 Å². The summed E-state index contributed by atoms with van der Waals surface area (Å²) in [5.41, 5.74) is 1.24. The number of benzene rings is 3. The third-order valence-electron chi connectivity index (χ3n) is 4.60. The molecule has 0 aromatic heterocycles. The van der Waals surface area contributed by atoms with Crippen LogP contribution in [0.4, 0.5) is 5.69 Å². The van der Waals surface area contributed by atoms with E-state index in [4.69, 9.17) is 21.1 Å². The normalized spacial score (nSPS) is 17.4. The number of methoxy groups -OCH3 is 2. The molecule has 5 nitrogen and oxygen atoms in total. The van der Waals surface area contributed by atoms with Gasteiger partial charge >= 0.3 is 0 Å². The maximum atomic E-state index is 12.6. The van der Waals surface area contributed by atoms with E-state index in [2.05, 4.69) is 10.6 Å². The van der Waals surface area contributed by atoms with Gasteiger partial charge in [-0.25, -0.2) is 0 Å². The van der Waals surface area contributed by atoms with E-state index in [-0.39, 0.29) is 11.4 Å². The molecule has 0 bridgehead atoms. The van der Waals surface area contributed by atoms with Crippen LogP contribution in [0.25, 0.3) is 16.8 Å². The van der Waals surface area contributed by atoms with Crippen molar-refractivity contribution in [3.8, 4) is 11.5 Å². The maximum absolute atomic E-state index is 12.6. The lowest BCUT2D eigenvalue weighted by Gasteiger charge is -2.15. The summed E-state index contributed by atoms with van der Waals surface area (Å²) in [6, 6.07) is 17.2. The van der Waals surface area contributed by atoms with Crippen molar-refractivity contribution < 1.29 is 14.3 Å². The Balaban J connectivity index is 1.65. The van der Waals surface area contributed by atoms with Crippen molar-refractivity contribution in [1.29, 1.82) is 0 Å². The zero-order valence-corrected chi connectivity index (χ0v) is 17.4. The average molecular weight is 427 g/mol. The van der Waals surface area contributed by atoms with Gasteiger partial charge in [0, 0.05) is 10.6 Å². The number of thioether (sulfide) groups is 1. The van der Waals surface area contributed by atoms with Crippen molar-refractivity contribution in [2.75, 3.05) is 19.5 Å². The first-order chi connectivity index (χ1) is 14.1. The van der Waals surface area contributed by atoms with E-state index in [1.54, 1.807) is 32.4 Å². The molecule has 3 aromatic carbocycles. The molecule has 148 valence electrons. The van der Waals surface area contributed by atoms with Crippen LogP contribution in [0.3, 0.4) is 0 Å². The molecule has 1 fully saturated rings. The maximum Gasteiger partial charge on any atom is 0.260 e. The summed E-state index contributed by atoms with van der Waals surface area (Å²) in [5.74, 6) is 1.22. The summed E-state index contributed by atoms with van der Waals surface area (Å²) in [4.78, 5) is 13.2. The number of rotatable bonds is 5. The van der Waals surface area contributed by atoms with Crippen LogP contribution in [0.5, 0.6) is 11.5 Å². The number of carbonyl (C=O) groups is 1. The molecule has 0 saturated carbocycles. The van der Waals surface area contributed by atoms with Gasteiger partial charge in [0.25, 0.3) is 5.91 Å². The standard InChI is InChI=1S/C22H19ClN2O3S/c1-27-18-9-7-13-5-3-4-6-15(13)16(18)12-20-21(26)25-22(29-20)24-17-11-14(23)8-10-19(17)28-2/h3-12,22,24H,1-2H3,(H,25,26)/b20-12-. The summed E-state index contributed by atoms with van der Waals surface area (Å²) < 4.78 is 10.9. The highest BCUT2D eigenvalue weighted by Crippen LogP contribution is 2.37. The van der Waals surface area contributed by atoms with E-state index in [0.29, 0.717) is 21.4 Å². The second-order valence-corrected chi connectivity index (χ2v) is 7.95. The Morgan fingerprint density at radius 1 is 1.07 bits per heavy atom. The van der Waals surface area contributed by atoms with Crippen LogP contribution in [-0.2, 0) is 4.79 Å². The van der Waals surface area contributed by atoms with E-state index in [0.717, 1.165) is 22.1 Å². The van der Waals surface area contributed by atoms with Gasteiger partial charge in [-0.2, -0.15) is 0 Å². The lowest BCUT2D eigenvalue weighted by atomic mass is 10.0. The predicted octanol–water partition coefficient (Wildman–Crippen LogP) is 5.11. The largest absolute Gasteiger partial charge is 0.496 e. The SMILES string of the molecule is COc1ccc(Cl)cc1NC1NC(=O)/C(=C/c2c(OC)ccc3ccccc23)S1. The smallest absolute Gasteiger partial charge is 0.260 e. The molecule has 4 rings (SSSR count). The molecule has 1 unspecified atom stereocenters. The summed E-state index contributed by atoms with van der Waals surface area (Å²) >= 11 is 7.49. The Bertz CT molecular complexity index is 1120. The molecule has 2 N–H and O–H groups in total. The van der Waals surface area contributed by atoms with Gasteiger partial charge in [0.05, 0.1) is 24.8 Å². The van der Waals surface area contributed by atoms with Crippen molar-refractivity contribution in [3.63, 3.8) is 0 Å². The van der Waals surface area contributed by atoms with Gasteiger partial charge in [-0.05, 0) is 41.1 Å². The Labute approximate surface area is 178 Å². The Morgan fingerprint density at radius 3 is 2.62 bits per heavy atom. The second kappa shape index (κ2) is 8.27. The molecule has 1 aliphatic heterocycles. The number of nitrogens with one attached hydrogen (secondary N) is 2. The van der Waals surface area contributed by atoms with Crippen molar-refractivity contribution >= 4 is 51.8 Å². The highest BCUT2D eigenvalue weighted by molar-refractivity contribution is 8.05. The quantitative estimate of drug-likeness (QED) is 0.555. The van der Waals surface area contributed by atoms with E-state index in [1.807, 2.05) is 42.5 Å². The number of amides is 1. The average Bonchev–Trinajstić information content (AvgIpc) is 3.07. The van der Waals surface area contributed by atoms with Crippen molar-refractivity contribution in [3.05, 3.63) is 70.1 Å². The number of halogens is 1. The summed E-state index contributed by atoms with van der Waals surface area (Å²) in [6.07, 6.45) is 1.87. The fourth-order valence-corrected chi connectivity index (χ4v) is 4.36. The molecule has 0 spiro atoms. The van der Waals surface area contributed by atoms with Gasteiger partial charge in [-0.15, -0.1) is 0 Å². The van der Waals surface area contributed by atoms with Crippen LogP contribution in [0.2, 0.25) is 5.02 Å². The van der Waals surface area contributed by atoms with Crippen molar-refractivity contribution in [1.82, 2.24) is 5.32 Å². The first-order valence-corrected chi connectivity index (χ1v) is 10.2. The highest BCUT2D eigenvalue weighted by atomic mass is 35.5. The van der Waals surface area contributed by atoms with Crippen LogP contribution < -0.4 is 20.1 Å². The molecule has 7 heteroatoms. The number of hydrogen-bond donors (Lipinski definition) is 2. The van der Waals surface area contributed by atoms with Crippen LogP contribution >= 0.6 is 23.4 Å². The topological polar surface area (TPSA) is 59.6 Å². The number of hydrogen-bond acceptors (Lipinski definition) is 5. The van der Waals surface area contributed by atoms with Crippen LogP contribution in [0.15, 0.2) is 59.5 Å². The molecular formula is C22H19ClN2O3S. The van der Waals surface area contributed by atoms with Gasteiger partial charge in [0.1, 0.15) is 11.5 Å². The van der Waals surface area contributed by atoms with Gasteiger partial charge in [-0.3, -0.25) is 4.79 Å². The number of carbonyl (C=O) groups excluding carboxylic acids is 1. The van der Waals surface area contributed by atoms with Gasteiger partial charge in [0.2, 0.25) is 0 Å². The third kappa shape index (κ3) is 3.99. The molecular weight excluding hydrogens is 408 g/mol. The van der Waals surface area contributed by atoms with E-state index >= 15 is 0 Å². The predicted molar refractivity (Wildman–Crippen MR) is 120 cm³/mol. The minimum absolute atomic E-state index is 0.150. The molecule has 1 heterocycles. The molecule has 0 radical (unpaired) electrons. The van der Waals surface area contributed by atoms with Crippen molar-refractivity contribution in [2.45, 2.75) is 5.50 Å². The summed E-state index contributed by atoms with van der Waals surface area (Å²) in [5, 5.41) is 8.89. The minimum atomic E-state index is -0.345. The fourth-order valence-electron chi connectivity index (χ4n) is 3.23. The first-order valence-electron chi connectivity index (χ1n) is 8.94.